The number of benzene rings is 3. The average molecular weight is 511 g/mol. The third-order valence-electron chi connectivity index (χ3n) is 7.89. The lowest BCUT2D eigenvalue weighted by molar-refractivity contribution is -0.121. The topological polar surface area (TPSA) is 106 Å². The van der Waals surface area contributed by atoms with Crippen LogP contribution in [0.15, 0.2) is 48.5 Å². The largest absolute Gasteiger partial charge is 0.334 e. The fraction of sp³-hybridized carbons (Fsp3) is 0.333. The smallest absolute Gasteiger partial charge is 0.254 e. The van der Waals surface area contributed by atoms with Gasteiger partial charge in [0.15, 0.2) is 0 Å². The Kier molecular flexibility index (Phi) is 6.99. The van der Waals surface area contributed by atoms with Crippen molar-refractivity contribution in [3.05, 3.63) is 93.0 Å². The standard InChI is InChI=1S/C30H34N6O2/c1-5-36-27-11-10-25(20(4)29(27)33-34-36)26(16-28(37)32-31)22-9-8-21-12-13-35(17-24(21)15-22)30(38)23-7-6-18(2)19(3)14-23/h6-11,14-15,26H,5,12-13,16-17,31H2,1-4H3,(H,32,37). The second-order valence-corrected chi connectivity index (χ2v) is 10.2. The Morgan fingerprint density at radius 2 is 1.84 bits per heavy atom. The molecule has 1 aromatic heterocycles. The normalized spacial score (nSPS) is 13.9. The Bertz CT molecular complexity index is 1540. The molecule has 2 amide bonds. The van der Waals surface area contributed by atoms with Crippen molar-refractivity contribution in [1.82, 2.24) is 25.3 Å². The number of hydrazine groups is 1. The molecule has 0 spiro atoms. The number of nitrogens with one attached hydrogen (secondary N) is 1. The molecule has 1 unspecified atom stereocenters. The second kappa shape index (κ2) is 10.4. The minimum absolute atomic E-state index is 0.0449. The van der Waals surface area contributed by atoms with E-state index in [2.05, 4.69) is 46.9 Å². The summed E-state index contributed by atoms with van der Waals surface area (Å²) in [6, 6.07) is 16.4. The van der Waals surface area contributed by atoms with Crippen LogP contribution in [0.25, 0.3) is 11.0 Å². The number of nitrogens with zero attached hydrogens (tertiary/aromatic N) is 4. The molecule has 8 heteroatoms. The van der Waals surface area contributed by atoms with Gasteiger partial charge >= 0.3 is 0 Å². The van der Waals surface area contributed by atoms with Gasteiger partial charge in [0.2, 0.25) is 5.91 Å². The molecule has 38 heavy (non-hydrogen) atoms. The third-order valence-corrected chi connectivity index (χ3v) is 7.89. The molecular formula is C30H34N6O2. The van der Waals surface area contributed by atoms with E-state index in [0.717, 1.165) is 51.8 Å². The molecule has 2 heterocycles. The maximum atomic E-state index is 13.3. The molecule has 0 aliphatic carbocycles. The summed E-state index contributed by atoms with van der Waals surface area (Å²) in [5, 5.41) is 8.68. The first-order chi connectivity index (χ1) is 18.3. The van der Waals surface area contributed by atoms with E-state index in [-0.39, 0.29) is 24.2 Å². The Labute approximate surface area is 222 Å². The molecule has 0 radical (unpaired) electrons. The van der Waals surface area contributed by atoms with Crippen LogP contribution in [0.4, 0.5) is 0 Å². The number of carbonyl (C=O) groups excluding carboxylic acids is 2. The third kappa shape index (κ3) is 4.67. The van der Waals surface area contributed by atoms with Crippen LogP contribution in [0.3, 0.4) is 0 Å². The Balaban J connectivity index is 1.50. The summed E-state index contributed by atoms with van der Waals surface area (Å²) in [5.74, 6) is 5.08. The van der Waals surface area contributed by atoms with E-state index in [0.29, 0.717) is 18.7 Å². The summed E-state index contributed by atoms with van der Waals surface area (Å²) in [6.45, 7) is 10.1. The van der Waals surface area contributed by atoms with Crippen molar-refractivity contribution in [1.29, 1.82) is 0 Å². The van der Waals surface area contributed by atoms with Gasteiger partial charge in [0.1, 0.15) is 5.52 Å². The van der Waals surface area contributed by atoms with Crippen molar-refractivity contribution in [2.75, 3.05) is 6.54 Å². The lowest BCUT2D eigenvalue weighted by atomic mass is 9.83. The first-order valence-electron chi connectivity index (χ1n) is 13.1. The SMILES string of the molecule is CCn1nnc2c(C)c(C(CC(=O)NN)c3ccc4c(c3)CN(C(=O)c3ccc(C)c(C)c3)CC4)ccc21. The summed E-state index contributed by atoms with van der Waals surface area (Å²) < 4.78 is 1.87. The van der Waals surface area contributed by atoms with Gasteiger partial charge in [-0.05, 0) is 91.3 Å². The van der Waals surface area contributed by atoms with Crippen molar-refractivity contribution in [2.24, 2.45) is 5.84 Å². The van der Waals surface area contributed by atoms with E-state index in [1.165, 1.54) is 11.1 Å². The van der Waals surface area contributed by atoms with Gasteiger partial charge in [-0.1, -0.05) is 35.5 Å². The van der Waals surface area contributed by atoms with Gasteiger partial charge in [-0.25, -0.2) is 10.5 Å². The lowest BCUT2D eigenvalue weighted by Gasteiger charge is -2.30. The van der Waals surface area contributed by atoms with E-state index in [4.69, 9.17) is 5.84 Å². The maximum Gasteiger partial charge on any atom is 0.254 e. The van der Waals surface area contributed by atoms with E-state index >= 15 is 0 Å². The predicted molar refractivity (Wildman–Crippen MR) is 148 cm³/mol. The van der Waals surface area contributed by atoms with Crippen LogP contribution in [0.1, 0.15) is 68.6 Å². The highest BCUT2D eigenvalue weighted by atomic mass is 16.2. The second-order valence-electron chi connectivity index (χ2n) is 10.2. The first-order valence-corrected chi connectivity index (χ1v) is 13.1. The van der Waals surface area contributed by atoms with E-state index < -0.39 is 0 Å². The van der Waals surface area contributed by atoms with Gasteiger partial charge in [-0.3, -0.25) is 15.0 Å². The van der Waals surface area contributed by atoms with Crippen molar-refractivity contribution in [3.63, 3.8) is 0 Å². The highest BCUT2D eigenvalue weighted by Gasteiger charge is 2.26. The zero-order chi connectivity index (χ0) is 27.0. The molecule has 0 saturated carbocycles. The molecular weight excluding hydrogens is 476 g/mol. The van der Waals surface area contributed by atoms with Crippen LogP contribution >= 0.6 is 0 Å². The van der Waals surface area contributed by atoms with Crippen LogP contribution < -0.4 is 11.3 Å². The minimum atomic E-state index is -0.240. The number of amides is 2. The monoisotopic (exact) mass is 510 g/mol. The average Bonchev–Trinajstić information content (AvgIpc) is 3.36. The fourth-order valence-corrected chi connectivity index (χ4v) is 5.47. The van der Waals surface area contributed by atoms with Crippen LogP contribution in [0.2, 0.25) is 0 Å². The molecule has 1 atom stereocenters. The number of hydrogen-bond donors (Lipinski definition) is 2. The molecule has 4 aromatic rings. The number of hydrogen-bond acceptors (Lipinski definition) is 5. The quantitative estimate of drug-likeness (QED) is 0.231. The number of aromatic nitrogens is 3. The number of aryl methyl sites for hydroxylation is 4. The molecule has 8 nitrogen and oxygen atoms in total. The van der Waals surface area contributed by atoms with Gasteiger partial charge in [0.05, 0.1) is 5.52 Å². The summed E-state index contributed by atoms with van der Waals surface area (Å²) >= 11 is 0. The molecule has 3 N–H and O–H groups in total. The van der Waals surface area contributed by atoms with Gasteiger partial charge < -0.3 is 4.90 Å². The highest BCUT2D eigenvalue weighted by Crippen LogP contribution is 2.35. The van der Waals surface area contributed by atoms with Gasteiger partial charge in [0, 0.05) is 37.5 Å². The van der Waals surface area contributed by atoms with Crippen molar-refractivity contribution < 1.29 is 9.59 Å². The summed E-state index contributed by atoms with van der Waals surface area (Å²) in [5.41, 5.74) is 12.5. The number of fused-ring (bicyclic) bond motifs is 2. The van der Waals surface area contributed by atoms with E-state index in [9.17, 15) is 9.59 Å². The lowest BCUT2D eigenvalue weighted by Crippen LogP contribution is -2.36. The molecule has 0 bridgehead atoms. The van der Waals surface area contributed by atoms with Gasteiger partial charge in [-0.2, -0.15) is 0 Å². The van der Waals surface area contributed by atoms with Crippen molar-refractivity contribution in [2.45, 2.75) is 59.5 Å². The molecule has 1 aliphatic rings. The van der Waals surface area contributed by atoms with Gasteiger partial charge in [0.25, 0.3) is 5.91 Å². The van der Waals surface area contributed by atoms with Crippen LogP contribution in [-0.4, -0.2) is 38.3 Å². The predicted octanol–water partition coefficient (Wildman–Crippen LogP) is 4.09. The van der Waals surface area contributed by atoms with E-state index in [1.807, 2.05) is 54.6 Å². The first kappa shape index (κ1) is 25.6. The Morgan fingerprint density at radius 3 is 2.58 bits per heavy atom. The molecule has 3 aromatic carbocycles. The fourth-order valence-electron chi connectivity index (χ4n) is 5.47. The number of rotatable bonds is 6. The molecule has 196 valence electrons. The van der Waals surface area contributed by atoms with Crippen molar-refractivity contribution in [3.8, 4) is 0 Å². The highest BCUT2D eigenvalue weighted by molar-refractivity contribution is 5.94. The maximum absolute atomic E-state index is 13.3. The molecule has 0 fully saturated rings. The summed E-state index contributed by atoms with van der Waals surface area (Å²) in [7, 11) is 0. The van der Waals surface area contributed by atoms with Crippen LogP contribution in [0.5, 0.6) is 0 Å². The van der Waals surface area contributed by atoms with E-state index in [1.54, 1.807) is 0 Å². The van der Waals surface area contributed by atoms with Crippen LogP contribution in [0, 0.1) is 20.8 Å². The molecule has 5 rings (SSSR count). The van der Waals surface area contributed by atoms with Crippen molar-refractivity contribution >= 4 is 22.8 Å². The van der Waals surface area contributed by atoms with Gasteiger partial charge in [-0.15, -0.1) is 5.10 Å². The number of nitrogens with two attached hydrogens (primary N) is 1. The zero-order valence-electron chi connectivity index (χ0n) is 22.4. The Morgan fingerprint density at radius 1 is 1.03 bits per heavy atom. The summed E-state index contributed by atoms with van der Waals surface area (Å²) in [6.07, 6.45) is 1.00. The Hall–Kier alpha value is -4.04. The van der Waals surface area contributed by atoms with Crippen LogP contribution in [-0.2, 0) is 24.3 Å². The minimum Gasteiger partial charge on any atom is -0.334 e. The summed E-state index contributed by atoms with van der Waals surface area (Å²) in [4.78, 5) is 27.8. The molecule has 0 saturated heterocycles. The zero-order valence-corrected chi connectivity index (χ0v) is 22.4. The number of carbonyl (C=O) groups is 2. The molecule has 1 aliphatic heterocycles.